The summed E-state index contributed by atoms with van der Waals surface area (Å²) in [6.07, 6.45) is -0.657. The molecule has 5 rings (SSSR count). The van der Waals surface area contributed by atoms with E-state index in [2.05, 4.69) is 9.97 Å². The number of alkyl halides is 1. The van der Waals surface area contributed by atoms with Crippen LogP contribution in [0.5, 0.6) is 0 Å². The van der Waals surface area contributed by atoms with Gasteiger partial charge in [0.05, 0.1) is 35.3 Å². The van der Waals surface area contributed by atoms with Crippen LogP contribution in [0.15, 0.2) is 41.4 Å². The fraction of sp³-hybridized carbons (Fsp3) is 0.333. The number of nitrogens with zero attached hydrogens (tertiary/aromatic N) is 4. The van der Waals surface area contributed by atoms with Crippen molar-refractivity contribution in [3.63, 3.8) is 0 Å². The third-order valence-electron chi connectivity index (χ3n) is 6.05. The topological polar surface area (TPSA) is 75.6 Å². The Kier molecular flexibility index (Phi) is 5.45. The molecule has 2 aromatic carbocycles. The molecule has 0 aliphatic carbocycles. The summed E-state index contributed by atoms with van der Waals surface area (Å²) in [4.78, 5) is 9.25. The van der Waals surface area contributed by atoms with Gasteiger partial charge in [0.2, 0.25) is 10.0 Å². The van der Waals surface area contributed by atoms with Gasteiger partial charge in [-0.2, -0.15) is 4.31 Å². The van der Waals surface area contributed by atoms with Crippen LogP contribution < -0.4 is 4.90 Å². The number of hydrogen-bond acceptors (Lipinski definition) is 6. The summed E-state index contributed by atoms with van der Waals surface area (Å²) in [5.41, 5.74) is -1.64. The minimum Gasteiger partial charge on any atom is -0.355 e. The van der Waals surface area contributed by atoms with Gasteiger partial charge in [-0.05, 0) is 18.2 Å². The van der Waals surface area contributed by atoms with Crippen LogP contribution >= 0.6 is 0 Å². The van der Waals surface area contributed by atoms with Crippen molar-refractivity contribution < 1.29 is 35.1 Å². The molecule has 13 heteroatoms. The Balaban J connectivity index is 1.42. The number of hydrogen-bond donors (Lipinski definition) is 0. The molecule has 2 saturated heterocycles. The predicted octanol–water partition coefficient (Wildman–Crippen LogP) is 3.15. The lowest BCUT2D eigenvalue weighted by atomic mass is 9.98. The second kappa shape index (κ2) is 8.10. The Labute approximate surface area is 190 Å². The molecule has 3 aromatic rings. The molecule has 1 aromatic heterocycles. The van der Waals surface area contributed by atoms with E-state index >= 15 is 4.39 Å². The molecule has 0 amide bonds. The van der Waals surface area contributed by atoms with Gasteiger partial charge in [0.25, 0.3) is 0 Å². The van der Waals surface area contributed by atoms with Crippen LogP contribution in [-0.2, 0) is 14.8 Å². The van der Waals surface area contributed by atoms with Crippen LogP contribution in [0.2, 0.25) is 0 Å². The summed E-state index contributed by atoms with van der Waals surface area (Å²) >= 11 is 0. The summed E-state index contributed by atoms with van der Waals surface area (Å²) in [7, 11) is -4.40. The number of piperidine rings is 1. The Morgan fingerprint density at radius 3 is 2.38 bits per heavy atom. The lowest BCUT2D eigenvalue weighted by molar-refractivity contribution is -0.116. The van der Waals surface area contributed by atoms with E-state index in [-0.39, 0.29) is 49.5 Å². The Hall–Kier alpha value is -2.90. The Morgan fingerprint density at radius 2 is 1.68 bits per heavy atom. The molecular formula is C21H17F5N4O3S. The SMILES string of the molecule is O=S(=O)(c1ccc(F)c(F)c1)N1CCO[C@]12CCN(c1cnc3cc(F)c(F)cc3n1)C[C@H]2F. The molecule has 1 spiro atoms. The van der Waals surface area contributed by atoms with Crippen LogP contribution in [0.4, 0.5) is 27.8 Å². The van der Waals surface area contributed by atoms with E-state index in [0.29, 0.717) is 12.1 Å². The first-order valence-electron chi connectivity index (χ1n) is 10.2. The summed E-state index contributed by atoms with van der Waals surface area (Å²) < 4.78 is 102. The molecule has 0 unspecified atom stereocenters. The van der Waals surface area contributed by atoms with Gasteiger partial charge in [0.15, 0.2) is 35.2 Å². The highest BCUT2D eigenvalue weighted by molar-refractivity contribution is 7.89. The molecule has 0 N–H and O–H groups in total. The number of ether oxygens (including phenoxy) is 1. The summed E-state index contributed by atoms with van der Waals surface area (Å²) in [5.74, 6) is -4.52. The van der Waals surface area contributed by atoms with Gasteiger partial charge in [-0.1, -0.05) is 0 Å². The third-order valence-corrected chi connectivity index (χ3v) is 7.97. The van der Waals surface area contributed by atoms with Crippen molar-refractivity contribution in [1.29, 1.82) is 0 Å². The zero-order valence-corrected chi connectivity index (χ0v) is 18.2. The zero-order valence-electron chi connectivity index (χ0n) is 17.4. The summed E-state index contributed by atoms with van der Waals surface area (Å²) in [6, 6.07) is 3.93. The Bertz CT molecular complexity index is 1390. The first kappa shape index (κ1) is 22.9. The van der Waals surface area contributed by atoms with Crippen molar-refractivity contribution in [2.24, 2.45) is 0 Å². The second-order valence-corrected chi connectivity index (χ2v) is 9.86. The maximum Gasteiger partial charge on any atom is 0.245 e. The summed E-state index contributed by atoms with van der Waals surface area (Å²) in [5, 5.41) is 0. The van der Waals surface area contributed by atoms with Crippen LogP contribution in [0.25, 0.3) is 11.0 Å². The molecule has 7 nitrogen and oxygen atoms in total. The van der Waals surface area contributed by atoms with Crippen LogP contribution in [0.3, 0.4) is 0 Å². The van der Waals surface area contributed by atoms with E-state index in [9.17, 15) is 26.0 Å². The van der Waals surface area contributed by atoms with Gasteiger partial charge in [-0.3, -0.25) is 4.98 Å². The quantitative estimate of drug-likeness (QED) is 0.515. The zero-order chi connectivity index (χ0) is 24.3. The van der Waals surface area contributed by atoms with Gasteiger partial charge < -0.3 is 9.64 Å². The van der Waals surface area contributed by atoms with Gasteiger partial charge >= 0.3 is 0 Å². The highest BCUT2D eigenvalue weighted by Crippen LogP contribution is 2.40. The average Bonchev–Trinajstić information content (AvgIpc) is 3.23. The minimum atomic E-state index is -4.40. The van der Waals surface area contributed by atoms with E-state index in [1.54, 1.807) is 0 Å². The molecule has 0 radical (unpaired) electrons. The first-order valence-corrected chi connectivity index (χ1v) is 11.7. The third kappa shape index (κ3) is 3.58. The highest BCUT2D eigenvalue weighted by atomic mass is 32.2. The molecule has 2 aliphatic rings. The van der Waals surface area contributed by atoms with E-state index in [0.717, 1.165) is 22.5 Å². The molecule has 0 saturated carbocycles. The normalized spacial score (nSPS) is 23.8. The maximum absolute atomic E-state index is 15.6. The number of anilines is 1. The standard InChI is InChI=1S/C21H17F5N4O3S/c22-13-2-1-12(7-14(13)23)34(31,32)30-5-6-33-21(30)3-4-29(11-19(21)26)20-10-27-17-8-15(24)16(25)9-18(17)28-20/h1-2,7-10,19H,3-6,11H2/t19-,21+/m1/s1. The average molecular weight is 500 g/mol. The van der Waals surface area contributed by atoms with E-state index in [4.69, 9.17) is 4.74 Å². The van der Waals surface area contributed by atoms with Gasteiger partial charge in [0.1, 0.15) is 5.82 Å². The molecular weight excluding hydrogens is 483 g/mol. The maximum atomic E-state index is 15.6. The molecule has 180 valence electrons. The van der Waals surface area contributed by atoms with Crippen molar-refractivity contribution in [3.05, 3.63) is 59.8 Å². The van der Waals surface area contributed by atoms with Crippen molar-refractivity contribution in [1.82, 2.24) is 14.3 Å². The molecule has 0 bridgehead atoms. The van der Waals surface area contributed by atoms with Crippen LogP contribution in [-0.4, -0.2) is 60.8 Å². The second-order valence-electron chi connectivity index (χ2n) is 7.99. The van der Waals surface area contributed by atoms with Crippen molar-refractivity contribution in [2.75, 3.05) is 31.1 Å². The number of sulfonamides is 1. The first-order chi connectivity index (χ1) is 16.1. The van der Waals surface area contributed by atoms with Crippen molar-refractivity contribution in [3.8, 4) is 0 Å². The monoisotopic (exact) mass is 500 g/mol. The Morgan fingerprint density at radius 1 is 0.971 bits per heavy atom. The van der Waals surface area contributed by atoms with Crippen LogP contribution in [0.1, 0.15) is 6.42 Å². The van der Waals surface area contributed by atoms with Gasteiger partial charge in [-0.25, -0.2) is 35.4 Å². The lowest BCUT2D eigenvalue weighted by Gasteiger charge is -2.45. The fourth-order valence-corrected chi connectivity index (χ4v) is 6.06. The fourth-order valence-electron chi connectivity index (χ4n) is 4.34. The molecule has 3 heterocycles. The smallest absolute Gasteiger partial charge is 0.245 e. The molecule has 34 heavy (non-hydrogen) atoms. The largest absolute Gasteiger partial charge is 0.355 e. The number of halogens is 5. The highest BCUT2D eigenvalue weighted by Gasteiger charge is 2.57. The van der Waals surface area contributed by atoms with Crippen LogP contribution in [0, 0.1) is 23.3 Å². The number of aromatic nitrogens is 2. The van der Waals surface area contributed by atoms with E-state index < -0.39 is 50.1 Å². The van der Waals surface area contributed by atoms with Crippen molar-refractivity contribution in [2.45, 2.75) is 23.2 Å². The van der Waals surface area contributed by atoms with Gasteiger partial charge in [0, 0.05) is 31.6 Å². The van der Waals surface area contributed by atoms with E-state index in [1.165, 1.54) is 11.1 Å². The minimum absolute atomic E-state index is 0.0757. The number of benzene rings is 2. The van der Waals surface area contributed by atoms with Crippen molar-refractivity contribution >= 4 is 26.9 Å². The molecule has 2 atom stereocenters. The molecule has 2 fully saturated rings. The predicted molar refractivity (Wildman–Crippen MR) is 110 cm³/mol. The molecule has 2 aliphatic heterocycles. The summed E-state index contributed by atoms with van der Waals surface area (Å²) in [6.45, 7) is -0.464. The number of fused-ring (bicyclic) bond motifs is 1. The van der Waals surface area contributed by atoms with E-state index in [1.807, 2.05) is 0 Å². The number of rotatable bonds is 3. The lowest BCUT2D eigenvalue weighted by Crippen LogP contribution is -2.62. The van der Waals surface area contributed by atoms with Gasteiger partial charge in [-0.15, -0.1) is 0 Å².